The van der Waals surface area contributed by atoms with Gasteiger partial charge in [0.05, 0.1) is 11.6 Å². The van der Waals surface area contributed by atoms with Crippen LogP contribution in [0.3, 0.4) is 0 Å². The summed E-state index contributed by atoms with van der Waals surface area (Å²) in [6, 6.07) is 0. The lowest BCUT2D eigenvalue weighted by Gasteiger charge is -2.22. The largest absolute Gasteiger partial charge is 0.371 e. The SMILES string of the molecule is CI.CNCC1OCCc2c(Cl)csc21. The van der Waals surface area contributed by atoms with Gasteiger partial charge in [-0.05, 0) is 24.0 Å². The highest BCUT2D eigenvalue weighted by molar-refractivity contribution is 14.1. The zero-order valence-corrected chi connectivity index (χ0v) is 12.6. The molecule has 0 aromatic carbocycles. The topological polar surface area (TPSA) is 21.3 Å². The molecule has 1 aliphatic rings. The number of likely N-dealkylation sites (N-methyl/N-ethyl adjacent to an activating group) is 1. The van der Waals surface area contributed by atoms with Crippen molar-refractivity contribution in [3.05, 3.63) is 20.8 Å². The summed E-state index contributed by atoms with van der Waals surface area (Å²) in [4.78, 5) is 3.27. The predicted octanol–water partition coefficient (Wildman–Crippen LogP) is 3.29. The van der Waals surface area contributed by atoms with Crippen LogP contribution in [-0.2, 0) is 11.2 Å². The van der Waals surface area contributed by atoms with Crippen molar-refractivity contribution in [3.8, 4) is 0 Å². The Hall–Kier alpha value is 0.640. The Morgan fingerprint density at radius 3 is 3.07 bits per heavy atom. The molecule has 2 rings (SSSR count). The van der Waals surface area contributed by atoms with Crippen LogP contribution in [0.4, 0.5) is 0 Å². The predicted molar refractivity (Wildman–Crippen MR) is 75.6 cm³/mol. The monoisotopic (exact) mass is 359 g/mol. The van der Waals surface area contributed by atoms with E-state index < -0.39 is 0 Å². The summed E-state index contributed by atoms with van der Waals surface area (Å²) in [7, 11) is 1.94. The number of ether oxygens (including phenoxy) is 1. The molecule has 1 unspecified atom stereocenters. The van der Waals surface area contributed by atoms with Crippen LogP contribution in [0, 0.1) is 0 Å². The lowest BCUT2D eigenvalue weighted by molar-refractivity contribution is 0.0469. The van der Waals surface area contributed by atoms with E-state index in [1.165, 1.54) is 10.4 Å². The molecule has 1 aromatic heterocycles. The van der Waals surface area contributed by atoms with Crippen LogP contribution >= 0.6 is 45.5 Å². The molecule has 0 fully saturated rings. The van der Waals surface area contributed by atoms with Crippen LogP contribution < -0.4 is 5.32 Å². The van der Waals surface area contributed by atoms with Gasteiger partial charge < -0.3 is 10.1 Å². The number of thiophene rings is 1. The second-order valence-electron chi connectivity index (χ2n) is 3.09. The Labute approximate surface area is 113 Å². The van der Waals surface area contributed by atoms with Crippen LogP contribution in [0.15, 0.2) is 5.38 Å². The fourth-order valence-electron chi connectivity index (χ4n) is 1.60. The quantitative estimate of drug-likeness (QED) is 0.646. The summed E-state index contributed by atoms with van der Waals surface area (Å²) in [6.45, 7) is 1.65. The first-order chi connectivity index (χ1) is 7.33. The van der Waals surface area contributed by atoms with E-state index in [0.29, 0.717) is 0 Å². The highest BCUT2D eigenvalue weighted by Gasteiger charge is 2.23. The molecule has 0 radical (unpaired) electrons. The molecule has 1 aliphatic heterocycles. The molecule has 1 aromatic rings. The van der Waals surface area contributed by atoms with E-state index in [4.69, 9.17) is 16.3 Å². The molecule has 1 N–H and O–H groups in total. The Morgan fingerprint density at radius 1 is 1.67 bits per heavy atom. The smallest absolute Gasteiger partial charge is 0.104 e. The maximum Gasteiger partial charge on any atom is 0.104 e. The molecule has 15 heavy (non-hydrogen) atoms. The molecule has 0 saturated heterocycles. The van der Waals surface area contributed by atoms with E-state index in [9.17, 15) is 0 Å². The molecule has 86 valence electrons. The number of rotatable bonds is 2. The van der Waals surface area contributed by atoms with Gasteiger partial charge in [0, 0.05) is 16.8 Å². The molecule has 2 heterocycles. The summed E-state index contributed by atoms with van der Waals surface area (Å²) >= 11 is 9.91. The Morgan fingerprint density at radius 2 is 2.40 bits per heavy atom. The number of hydrogen-bond acceptors (Lipinski definition) is 3. The first-order valence-corrected chi connectivity index (χ1v) is 8.14. The summed E-state index contributed by atoms with van der Waals surface area (Å²) < 4.78 is 5.65. The van der Waals surface area contributed by atoms with Gasteiger partial charge in [0.1, 0.15) is 6.10 Å². The van der Waals surface area contributed by atoms with E-state index in [1.54, 1.807) is 11.3 Å². The summed E-state index contributed by atoms with van der Waals surface area (Å²) in [5, 5.41) is 6.04. The van der Waals surface area contributed by atoms with Crippen molar-refractivity contribution in [2.24, 2.45) is 0 Å². The lowest BCUT2D eigenvalue weighted by Crippen LogP contribution is -2.23. The first-order valence-electron chi connectivity index (χ1n) is 4.72. The summed E-state index contributed by atoms with van der Waals surface area (Å²) in [6.07, 6.45) is 1.16. The maximum absolute atomic E-state index is 6.06. The van der Waals surface area contributed by atoms with E-state index in [1.807, 2.05) is 17.4 Å². The fourth-order valence-corrected chi connectivity index (χ4v) is 3.02. The molecule has 0 spiro atoms. The van der Waals surface area contributed by atoms with Crippen LogP contribution in [0.5, 0.6) is 0 Å². The molecule has 0 amide bonds. The van der Waals surface area contributed by atoms with Crippen LogP contribution in [-0.4, -0.2) is 25.1 Å². The van der Waals surface area contributed by atoms with Crippen LogP contribution in [0.2, 0.25) is 5.02 Å². The number of alkyl halides is 1. The van der Waals surface area contributed by atoms with Gasteiger partial charge in [-0.25, -0.2) is 0 Å². The Kier molecular flexibility index (Phi) is 6.45. The highest BCUT2D eigenvalue weighted by Crippen LogP contribution is 2.36. The third-order valence-electron chi connectivity index (χ3n) is 2.23. The normalized spacial score (nSPS) is 19.1. The van der Waals surface area contributed by atoms with Gasteiger partial charge in [0.25, 0.3) is 0 Å². The number of nitrogens with one attached hydrogen (secondary N) is 1. The van der Waals surface area contributed by atoms with Crippen molar-refractivity contribution in [2.45, 2.75) is 12.5 Å². The lowest BCUT2D eigenvalue weighted by atomic mass is 10.1. The minimum atomic E-state index is 0.200. The van der Waals surface area contributed by atoms with Gasteiger partial charge in [0.15, 0.2) is 0 Å². The van der Waals surface area contributed by atoms with E-state index in [2.05, 4.69) is 27.9 Å². The van der Waals surface area contributed by atoms with Gasteiger partial charge in [-0.3, -0.25) is 0 Å². The van der Waals surface area contributed by atoms with Crippen molar-refractivity contribution in [2.75, 3.05) is 25.1 Å². The highest BCUT2D eigenvalue weighted by atomic mass is 127. The van der Waals surface area contributed by atoms with Crippen molar-refractivity contribution in [1.29, 1.82) is 0 Å². The van der Waals surface area contributed by atoms with Crippen LogP contribution in [0.25, 0.3) is 0 Å². The zero-order chi connectivity index (χ0) is 11.3. The van der Waals surface area contributed by atoms with E-state index in [-0.39, 0.29) is 6.10 Å². The third kappa shape index (κ3) is 3.30. The maximum atomic E-state index is 6.06. The van der Waals surface area contributed by atoms with Gasteiger partial charge in [-0.15, -0.1) is 11.3 Å². The molecule has 0 bridgehead atoms. The molecule has 0 saturated carbocycles. The second-order valence-corrected chi connectivity index (χ2v) is 4.41. The second kappa shape index (κ2) is 7.06. The standard InChI is InChI=1S/C9H12ClNOS.CH3I/c1-11-4-8-9-6(2-3-12-8)7(10)5-13-9;1-2/h5,8,11H,2-4H2,1H3;1H3. The molecule has 5 heteroatoms. The molecular formula is C10H15ClINOS. The third-order valence-corrected chi connectivity index (χ3v) is 3.81. The minimum Gasteiger partial charge on any atom is -0.371 e. The molecule has 2 nitrogen and oxygen atoms in total. The van der Waals surface area contributed by atoms with Gasteiger partial charge in [0.2, 0.25) is 0 Å². The fraction of sp³-hybridized carbons (Fsp3) is 0.600. The molecule has 1 atom stereocenters. The van der Waals surface area contributed by atoms with Crippen molar-refractivity contribution in [3.63, 3.8) is 0 Å². The van der Waals surface area contributed by atoms with E-state index >= 15 is 0 Å². The first kappa shape index (κ1) is 13.7. The molecular weight excluding hydrogens is 345 g/mol. The Bertz CT molecular complexity index is 306. The zero-order valence-electron chi connectivity index (χ0n) is 8.85. The van der Waals surface area contributed by atoms with Gasteiger partial charge >= 0.3 is 0 Å². The van der Waals surface area contributed by atoms with Crippen molar-refractivity contribution >= 4 is 45.5 Å². The van der Waals surface area contributed by atoms with Gasteiger partial charge in [-0.2, -0.15) is 0 Å². The number of hydrogen-bond donors (Lipinski definition) is 1. The summed E-state index contributed by atoms with van der Waals surface area (Å²) in [5.41, 5.74) is 1.29. The average Bonchev–Trinajstić information content (AvgIpc) is 2.66. The van der Waals surface area contributed by atoms with Crippen molar-refractivity contribution in [1.82, 2.24) is 5.32 Å². The minimum absolute atomic E-state index is 0.200. The number of fused-ring (bicyclic) bond motifs is 1. The van der Waals surface area contributed by atoms with E-state index in [0.717, 1.165) is 24.6 Å². The Balaban J connectivity index is 0.000000531. The van der Waals surface area contributed by atoms with Gasteiger partial charge in [-0.1, -0.05) is 34.2 Å². The summed E-state index contributed by atoms with van der Waals surface area (Å²) in [5.74, 6) is 0. The molecule has 0 aliphatic carbocycles. The van der Waals surface area contributed by atoms with Crippen LogP contribution in [0.1, 0.15) is 16.5 Å². The van der Waals surface area contributed by atoms with Crippen molar-refractivity contribution < 1.29 is 4.74 Å². The number of halogens is 2. The average molecular weight is 360 g/mol.